The summed E-state index contributed by atoms with van der Waals surface area (Å²) in [5, 5.41) is 13.7. The number of carbonyl (C=O) groups excluding carboxylic acids is 1. The van der Waals surface area contributed by atoms with Crippen LogP contribution < -0.4 is 10.2 Å². The highest BCUT2D eigenvalue weighted by molar-refractivity contribution is 9.10. The number of phenols is 1. The number of ether oxygens (including phenoxy) is 1. The molecule has 3 aromatic carbocycles. The predicted octanol–water partition coefficient (Wildman–Crippen LogP) is 4.50. The molecule has 1 amide bonds. The van der Waals surface area contributed by atoms with Gasteiger partial charge >= 0.3 is 0 Å². The highest BCUT2D eigenvalue weighted by Crippen LogP contribution is 2.21. The lowest BCUT2D eigenvalue weighted by atomic mass is 10.2. The van der Waals surface area contributed by atoms with Crippen LogP contribution in [0.1, 0.15) is 21.5 Å². The second-order valence-corrected chi connectivity index (χ2v) is 6.59. The van der Waals surface area contributed by atoms with E-state index in [0.717, 1.165) is 10.0 Å². The Hall–Kier alpha value is -3.12. The lowest BCUT2D eigenvalue weighted by molar-refractivity contribution is 0.0950. The Morgan fingerprint density at radius 2 is 1.81 bits per heavy atom. The monoisotopic (exact) mass is 424 g/mol. The third-order valence-corrected chi connectivity index (χ3v) is 4.22. The molecule has 0 spiro atoms. The van der Waals surface area contributed by atoms with Gasteiger partial charge in [-0.2, -0.15) is 5.10 Å². The van der Waals surface area contributed by atoms with Crippen molar-refractivity contribution in [1.82, 2.24) is 5.43 Å². The first-order valence-corrected chi connectivity index (χ1v) is 9.00. The Balaban J connectivity index is 1.68. The summed E-state index contributed by atoms with van der Waals surface area (Å²) < 4.78 is 6.58. The van der Waals surface area contributed by atoms with Crippen molar-refractivity contribution in [3.8, 4) is 11.5 Å². The van der Waals surface area contributed by atoms with E-state index >= 15 is 0 Å². The molecule has 5 nitrogen and oxygen atoms in total. The van der Waals surface area contributed by atoms with Crippen LogP contribution in [-0.2, 0) is 6.61 Å². The maximum absolute atomic E-state index is 12.4. The van der Waals surface area contributed by atoms with E-state index in [-0.39, 0.29) is 5.75 Å². The van der Waals surface area contributed by atoms with E-state index in [1.807, 2.05) is 30.3 Å². The van der Waals surface area contributed by atoms with E-state index in [0.29, 0.717) is 23.5 Å². The highest BCUT2D eigenvalue weighted by atomic mass is 79.9. The van der Waals surface area contributed by atoms with Gasteiger partial charge in [0, 0.05) is 10.0 Å². The topological polar surface area (TPSA) is 70.9 Å². The summed E-state index contributed by atoms with van der Waals surface area (Å²) in [6, 6.07) is 21.6. The number of para-hydroxylation sites is 1. The van der Waals surface area contributed by atoms with Gasteiger partial charge in [-0.25, -0.2) is 5.43 Å². The van der Waals surface area contributed by atoms with Crippen LogP contribution >= 0.6 is 15.9 Å². The summed E-state index contributed by atoms with van der Waals surface area (Å²) in [7, 11) is 0. The molecule has 27 heavy (non-hydrogen) atoms. The van der Waals surface area contributed by atoms with Gasteiger partial charge in [0.1, 0.15) is 18.1 Å². The van der Waals surface area contributed by atoms with Crippen LogP contribution in [0.15, 0.2) is 82.4 Å². The molecule has 3 aromatic rings. The molecule has 0 unspecified atom stereocenters. The molecular weight excluding hydrogens is 408 g/mol. The molecule has 0 heterocycles. The number of hydrogen-bond donors (Lipinski definition) is 2. The van der Waals surface area contributed by atoms with Gasteiger partial charge in [-0.15, -0.1) is 0 Å². The molecule has 3 rings (SSSR count). The molecule has 0 aliphatic heterocycles. The van der Waals surface area contributed by atoms with Gasteiger partial charge < -0.3 is 9.84 Å². The van der Waals surface area contributed by atoms with Crippen LogP contribution in [0.3, 0.4) is 0 Å². The first kappa shape index (κ1) is 18.7. The van der Waals surface area contributed by atoms with Crippen LogP contribution in [-0.4, -0.2) is 17.2 Å². The number of benzene rings is 3. The van der Waals surface area contributed by atoms with Crippen molar-refractivity contribution in [2.75, 3.05) is 0 Å². The van der Waals surface area contributed by atoms with Gasteiger partial charge in [0.25, 0.3) is 5.91 Å². The Morgan fingerprint density at radius 3 is 2.63 bits per heavy atom. The fraction of sp³-hybridized carbons (Fsp3) is 0.0476. The zero-order valence-corrected chi connectivity index (χ0v) is 15.9. The normalized spacial score (nSPS) is 10.7. The van der Waals surface area contributed by atoms with Crippen molar-refractivity contribution in [1.29, 1.82) is 0 Å². The van der Waals surface area contributed by atoms with Gasteiger partial charge in [0.05, 0.1) is 11.8 Å². The van der Waals surface area contributed by atoms with Crippen molar-refractivity contribution in [2.45, 2.75) is 6.61 Å². The van der Waals surface area contributed by atoms with E-state index in [1.165, 1.54) is 6.21 Å². The molecule has 0 aliphatic carbocycles. The molecule has 0 atom stereocenters. The minimum atomic E-state index is -0.399. The van der Waals surface area contributed by atoms with E-state index in [1.54, 1.807) is 42.5 Å². The lowest BCUT2D eigenvalue weighted by Crippen LogP contribution is -2.18. The molecule has 136 valence electrons. The third kappa shape index (κ3) is 5.18. The molecule has 2 N–H and O–H groups in total. The number of nitrogens with one attached hydrogen (secondary N) is 1. The standard InChI is InChI=1S/C21H17BrN2O3/c22-17-10-11-19(25)16(12-17)13-23-24-21(26)18-8-4-5-9-20(18)27-14-15-6-2-1-3-7-15/h1-13,25H,14H2,(H,24,26). The minimum Gasteiger partial charge on any atom is -0.507 e. The van der Waals surface area contributed by atoms with E-state index in [2.05, 4.69) is 26.5 Å². The number of nitrogens with zero attached hydrogens (tertiary/aromatic N) is 1. The van der Waals surface area contributed by atoms with Crippen molar-refractivity contribution in [3.05, 3.63) is 94.0 Å². The van der Waals surface area contributed by atoms with Crippen LogP contribution in [0.5, 0.6) is 11.5 Å². The maximum atomic E-state index is 12.4. The van der Waals surface area contributed by atoms with Crippen molar-refractivity contribution in [2.24, 2.45) is 5.10 Å². The molecule has 0 saturated heterocycles. The predicted molar refractivity (Wildman–Crippen MR) is 108 cm³/mol. The zero-order valence-electron chi connectivity index (χ0n) is 14.3. The lowest BCUT2D eigenvalue weighted by Gasteiger charge is -2.10. The Kier molecular flexibility index (Phi) is 6.22. The molecule has 0 radical (unpaired) electrons. The molecule has 0 saturated carbocycles. The van der Waals surface area contributed by atoms with Gasteiger partial charge in [-0.3, -0.25) is 4.79 Å². The number of carbonyl (C=O) groups is 1. The molecule has 0 aromatic heterocycles. The fourth-order valence-electron chi connectivity index (χ4n) is 2.36. The summed E-state index contributed by atoms with van der Waals surface area (Å²) in [5.74, 6) is 0.145. The van der Waals surface area contributed by atoms with Crippen LogP contribution in [0.25, 0.3) is 0 Å². The highest BCUT2D eigenvalue weighted by Gasteiger charge is 2.11. The van der Waals surface area contributed by atoms with Gasteiger partial charge in [0.15, 0.2) is 0 Å². The smallest absolute Gasteiger partial charge is 0.275 e. The first-order chi connectivity index (χ1) is 13.1. The van der Waals surface area contributed by atoms with Crippen molar-refractivity contribution < 1.29 is 14.6 Å². The maximum Gasteiger partial charge on any atom is 0.275 e. The average molecular weight is 425 g/mol. The molecule has 6 heteroatoms. The number of phenolic OH excluding ortho intramolecular Hbond substituents is 1. The Morgan fingerprint density at radius 1 is 1.07 bits per heavy atom. The number of rotatable bonds is 6. The van der Waals surface area contributed by atoms with E-state index in [9.17, 15) is 9.90 Å². The Labute approximate surface area is 165 Å². The summed E-state index contributed by atoms with van der Waals surface area (Å²) >= 11 is 3.32. The van der Waals surface area contributed by atoms with Gasteiger partial charge in [-0.1, -0.05) is 58.4 Å². The first-order valence-electron chi connectivity index (χ1n) is 8.21. The van der Waals surface area contributed by atoms with E-state index < -0.39 is 5.91 Å². The number of halogens is 1. The summed E-state index contributed by atoms with van der Waals surface area (Å²) in [6.45, 7) is 0.361. The molecule has 0 aliphatic rings. The van der Waals surface area contributed by atoms with Crippen molar-refractivity contribution >= 4 is 28.1 Å². The molecule has 0 bridgehead atoms. The summed E-state index contributed by atoms with van der Waals surface area (Å²) in [4.78, 5) is 12.4. The summed E-state index contributed by atoms with van der Waals surface area (Å²) in [5.41, 5.74) is 4.33. The zero-order chi connectivity index (χ0) is 19.1. The average Bonchev–Trinajstić information content (AvgIpc) is 2.70. The fourth-order valence-corrected chi connectivity index (χ4v) is 2.74. The van der Waals surface area contributed by atoms with Crippen molar-refractivity contribution in [3.63, 3.8) is 0 Å². The quantitative estimate of drug-likeness (QED) is 0.452. The number of hydrogen-bond acceptors (Lipinski definition) is 4. The van der Waals surface area contributed by atoms with Gasteiger partial charge in [0.2, 0.25) is 0 Å². The second kappa shape index (κ2) is 9.00. The number of hydrazone groups is 1. The minimum absolute atomic E-state index is 0.0720. The molecule has 0 fully saturated rings. The number of amides is 1. The molecular formula is C21H17BrN2O3. The van der Waals surface area contributed by atoms with Gasteiger partial charge in [-0.05, 0) is 35.9 Å². The number of aromatic hydroxyl groups is 1. The van der Waals surface area contributed by atoms with E-state index in [4.69, 9.17) is 4.74 Å². The third-order valence-electron chi connectivity index (χ3n) is 3.73. The summed E-state index contributed by atoms with van der Waals surface area (Å²) in [6.07, 6.45) is 1.38. The SMILES string of the molecule is O=C(NN=Cc1cc(Br)ccc1O)c1ccccc1OCc1ccccc1. The Bertz CT molecular complexity index is 959. The van der Waals surface area contributed by atoms with Crippen LogP contribution in [0.4, 0.5) is 0 Å². The second-order valence-electron chi connectivity index (χ2n) is 5.67. The van der Waals surface area contributed by atoms with Crippen LogP contribution in [0.2, 0.25) is 0 Å². The van der Waals surface area contributed by atoms with Crippen LogP contribution in [0, 0.1) is 0 Å². The largest absolute Gasteiger partial charge is 0.507 e.